The molecule has 0 bridgehead atoms. The molecule has 0 spiro atoms. The van der Waals surface area contributed by atoms with Gasteiger partial charge in [-0.05, 0) is 39.8 Å². The number of hydrogen-bond donors (Lipinski definition) is 3. The zero-order chi connectivity index (χ0) is 14.6. The highest BCUT2D eigenvalue weighted by Crippen LogP contribution is 2.19. The van der Waals surface area contributed by atoms with Gasteiger partial charge < -0.3 is 24.7 Å². The predicted molar refractivity (Wildman–Crippen MR) is 68.6 cm³/mol. The van der Waals surface area contributed by atoms with Crippen molar-refractivity contribution in [3.8, 4) is 0 Å². The Hall–Kier alpha value is -1.53. The van der Waals surface area contributed by atoms with E-state index in [1.54, 1.807) is 39.8 Å². The first kappa shape index (κ1) is 15.5. The molecule has 1 rings (SSSR count). The van der Waals surface area contributed by atoms with Crippen LogP contribution >= 0.6 is 0 Å². The van der Waals surface area contributed by atoms with Crippen LogP contribution in [0.15, 0.2) is 16.5 Å². The van der Waals surface area contributed by atoms with Gasteiger partial charge in [-0.1, -0.05) is 0 Å². The molecular weight excluding hydrogens is 250 g/mol. The lowest BCUT2D eigenvalue weighted by Gasteiger charge is -2.21. The fourth-order valence-electron chi connectivity index (χ4n) is 1.42. The fourth-order valence-corrected chi connectivity index (χ4v) is 1.42. The summed E-state index contributed by atoms with van der Waals surface area (Å²) in [6.07, 6.45) is -3.00. The van der Waals surface area contributed by atoms with Crippen LogP contribution in [-0.2, 0) is 4.74 Å². The molecule has 1 aromatic rings. The van der Waals surface area contributed by atoms with Crippen molar-refractivity contribution >= 4 is 6.09 Å². The quantitative estimate of drug-likeness (QED) is 0.772. The van der Waals surface area contributed by atoms with Crippen LogP contribution in [0, 0.1) is 6.92 Å². The summed E-state index contributed by atoms with van der Waals surface area (Å²) < 4.78 is 10.2. The average molecular weight is 271 g/mol. The normalized spacial score (nSPS) is 14.8. The van der Waals surface area contributed by atoms with Gasteiger partial charge >= 0.3 is 6.09 Å². The lowest BCUT2D eigenvalue weighted by Crippen LogP contribution is -2.38. The lowest BCUT2D eigenvalue weighted by molar-refractivity contribution is 0.00192. The highest BCUT2D eigenvalue weighted by molar-refractivity contribution is 5.67. The molecule has 108 valence electrons. The summed E-state index contributed by atoms with van der Waals surface area (Å²) in [6, 6.07) is 3.27. The molecule has 0 aliphatic rings. The van der Waals surface area contributed by atoms with Crippen molar-refractivity contribution < 1.29 is 24.2 Å². The van der Waals surface area contributed by atoms with Crippen LogP contribution in [0.1, 0.15) is 38.4 Å². The van der Waals surface area contributed by atoms with Crippen LogP contribution in [-0.4, -0.2) is 34.6 Å². The number of aliphatic hydroxyl groups is 2. The molecule has 0 radical (unpaired) electrons. The van der Waals surface area contributed by atoms with Gasteiger partial charge in [-0.2, -0.15) is 0 Å². The molecule has 6 heteroatoms. The molecule has 0 fully saturated rings. The molecule has 0 saturated heterocycles. The molecule has 0 aromatic carbocycles. The maximum Gasteiger partial charge on any atom is 0.407 e. The second-order valence-electron chi connectivity index (χ2n) is 5.34. The molecule has 1 aromatic heterocycles. The number of aryl methyl sites for hydroxylation is 1. The Labute approximate surface area is 112 Å². The number of carbonyl (C=O) groups is 1. The predicted octanol–water partition coefficient (Wildman–Crippen LogP) is 1.51. The van der Waals surface area contributed by atoms with E-state index in [9.17, 15) is 15.0 Å². The molecule has 1 amide bonds. The monoisotopic (exact) mass is 271 g/mol. The molecule has 2 unspecified atom stereocenters. The third-order valence-electron chi connectivity index (χ3n) is 2.27. The molecule has 1 heterocycles. The van der Waals surface area contributed by atoms with Gasteiger partial charge in [0.2, 0.25) is 0 Å². The summed E-state index contributed by atoms with van der Waals surface area (Å²) in [5.74, 6) is 0.900. The third-order valence-corrected chi connectivity index (χ3v) is 2.27. The molecular formula is C13H21NO5. The number of ether oxygens (including phenoxy) is 1. The Balaban J connectivity index is 2.43. The van der Waals surface area contributed by atoms with Gasteiger partial charge in [0.05, 0.1) is 0 Å². The minimum Gasteiger partial charge on any atom is -0.464 e. The van der Waals surface area contributed by atoms with E-state index in [1.165, 1.54) is 0 Å². The number of rotatable bonds is 4. The first-order chi connectivity index (χ1) is 8.69. The molecule has 0 aliphatic carbocycles. The molecule has 3 N–H and O–H groups in total. The highest BCUT2D eigenvalue weighted by atomic mass is 16.6. The van der Waals surface area contributed by atoms with Gasteiger partial charge in [0.25, 0.3) is 0 Å². The number of aliphatic hydroxyl groups excluding tert-OH is 2. The van der Waals surface area contributed by atoms with Crippen LogP contribution in [0.25, 0.3) is 0 Å². The van der Waals surface area contributed by atoms with E-state index in [2.05, 4.69) is 5.32 Å². The minimum absolute atomic E-state index is 0.129. The van der Waals surface area contributed by atoms with E-state index in [0.717, 1.165) is 0 Å². The van der Waals surface area contributed by atoms with Gasteiger partial charge in [-0.15, -0.1) is 0 Å². The van der Waals surface area contributed by atoms with Crippen LogP contribution in [0.3, 0.4) is 0 Å². The minimum atomic E-state index is -1.19. The lowest BCUT2D eigenvalue weighted by atomic mass is 10.1. The van der Waals surface area contributed by atoms with E-state index in [-0.39, 0.29) is 12.3 Å². The van der Waals surface area contributed by atoms with Crippen LogP contribution in [0.2, 0.25) is 0 Å². The summed E-state index contributed by atoms with van der Waals surface area (Å²) in [4.78, 5) is 11.4. The summed E-state index contributed by atoms with van der Waals surface area (Å²) >= 11 is 0. The molecule has 2 atom stereocenters. The zero-order valence-electron chi connectivity index (χ0n) is 11.6. The van der Waals surface area contributed by atoms with E-state index < -0.39 is 23.9 Å². The Morgan fingerprint density at radius 1 is 1.42 bits per heavy atom. The Morgan fingerprint density at radius 3 is 2.53 bits per heavy atom. The molecule has 6 nitrogen and oxygen atoms in total. The van der Waals surface area contributed by atoms with E-state index in [1.807, 2.05) is 0 Å². The van der Waals surface area contributed by atoms with Crippen LogP contribution < -0.4 is 5.32 Å². The van der Waals surface area contributed by atoms with Crippen molar-refractivity contribution in [1.29, 1.82) is 0 Å². The summed E-state index contributed by atoms with van der Waals surface area (Å²) in [6.45, 7) is 6.83. The maximum absolute atomic E-state index is 11.4. The maximum atomic E-state index is 11.4. The third kappa shape index (κ3) is 5.32. The number of amides is 1. The number of hydrogen-bond acceptors (Lipinski definition) is 5. The van der Waals surface area contributed by atoms with Crippen molar-refractivity contribution in [2.45, 2.75) is 45.5 Å². The highest BCUT2D eigenvalue weighted by Gasteiger charge is 2.23. The van der Waals surface area contributed by atoms with Crippen molar-refractivity contribution in [2.75, 3.05) is 6.54 Å². The molecule has 0 saturated carbocycles. The molecule has 0 aliphatic heterocycles. The van der Waals surface area contributed by atoms with Crippen LogP contribution in [0.5, 0.6) is 0 Å². The van der Waals surface area contributed by atoms with Crippen molar-refractivity contribution in [1.82, 2.24) is 5.32 Å². The average Bonchev–Trinajstić information content (AvgIpc) is 2.69. The topological polar surface area (TPSA) is 91.9 Å². The van der Waals surface area contributed by atoms with Crippen molar-refractivity contribution in [3.05, 3.63) is 23.7 Å². The van der Waals surface area contributed by atoms with Gasteiger partial charge in [0.15, 0.2) is 0 Å². The number of alkyl carbamates (subject to hydrolysis) is 1. The molecule has 19 heavy (non-hydrogen) atoms. The van der Waals surface area contributed by atoms with Gasteiger partial charge in [-0.25, -0.2) is 4.79 Å². The second-order valence-corrected chi connectivity index (χ2v) is 5.34. The SMILES string of the molecule is Cc1ccc(C(O)C(O)CNC(=O)OC(C)(C)C)o1. The summed E-state index contributed by atoms with van der Waals surface area (Å²) in [5.41, 5.74) is -0.605. The van der Waals surface area contributed by atoms with Gasteiger partial charge in [0.1, 0.15) is 29.3 Å². The summed E-state index contributed by atoms with van der Waals surface area (Å²) in [7, 11) is 0. The largest absolute Gasteiger partial charge is 0.464 e. The first-order valence-electron chi connectivity index (χ1n) is 6.08. The number of carbonyl (C=O) groups excluding carboxylic acids is 1. The Bertz CT molecular complexity index is 421. The van der Waals surface area contributed by atoms with Gasteiger partial charge in [-0.3, -0.25) is 0 Å². The van der Waals surface area contributed by atoms with E-state index in [4.69, 9.17) is 9.15 Å². The standard InChI is InChI=1S/C13H21NO5/c1-8-5-6-10(18-8)11(16)9(15)7-14-12(17)19-13(2,3)4/h5-6,9,11,15-16H,7H2,1-4H3,(H,14,17). The van der Waals surface area contributed by atoms with E-state index in [0.29, 0.717) is 5.76 Å². The smallest absolute Gasteiger partial charge is 0.407 e. The zero-order valence-corrected chi connectivity index (χ0v) is 11.6. The van der Waals surface area contributed by atoms with Crippen molar-refractivity contribution in [3.63, 3.8) is 0 Å². The first-order valence-corrected chi connectivity index (χ1v) is 6.08. The Kier molecular flexibility index (Phi) is 4.97. The van der Waals surface area contributed by atoms with Crippen molar-refractivity contribution in [2.24, 2.45) is 0 Å². The van der Waals surface area contributed by atoms with E-state index >= 15 is 0 Å². The number of furan rings is 1. The van der Waals surface area contributed by atoms with Crippen LogP contribution in [0.4, 0.5) is 4.79 Å². The fraction of sp³-hybridized carbons (Fsp3) is 0.615. The number of nitrogens with one attached hydrogen (secondary N) is 1. The summed E-state index contributed by atoms with van der Waals surface area (Å²) in [5, 5.41) is 21.9. The van der Waals surface area contributed by atoms with Gasteiger partial charge in [0, 0.05) is 6.54 Å². The second kappa shape index (κ2) is 6.08. The Morgan fingerprint density at radius 2 is 2.05 bits per heavy atom.